The molecule has 0 bridgehead atoms. The van der Waals surface area contributed by atoms with Crippen molar-refractivity contribution in [2.24, 2.45) is 11.8 Å². The second kappa shape index (κ2) is 6.55. The number of likely N-dealkylation sites (tertiary alicyclic amines) is 1. The van der Waals surface area contributed by atoms with Gasteiger partial charge in [0.15, 0.2) is 0 Å². The number of rotatable bonds is 5. The third-order valence-electron chi connectivity index (χ3n) is 6.40. The van der Waals surface area contributed by atoms with Crippen LogP contribution in [0, 0.1) is 11.8 Å². The van der Waals surface area contributed by atoms with E-state index in [9.17, 15) is 0 Å². The number of piperidine rings is 1. The monoisotopic (exact) mass is 293 g/mol. The minimum absolute atomic E-state index is 0.401. The Morgan fingerprint density at radius 1 is 1.14 bits per heavy atom. The molecule has 2 unspecified atom stereocenters. The van der Waals surface area contributed by atoms with Crippen LogP contribution in [0.4, 0.5) is 0 Å². The molecule has 2 saturated heterocycles. The van der Waals surface area contributed by atoms with Crippen molar-refractivity contribution < 1.29 is 0 Å². The fourth-order valence-electron chi connectivity index (χ4n) is 4.44. The molecule has 2 atom stereocenters. The first kappa shape index (κ1) is 15.8. The van der Waals surface area contributed by atoms with E-state index in [0.29, 0.717) is 5.54 Å². The number of hydrogen-bond acceptors (Lipinski definition) is 3. The highest BCUT2D eigenvalue weighted by atomic mass is 15.3. The molecule has 0 aromatic heterocycles. The summed E-state index contributed by atoms with van der Waals surface area (Å²) in [6.45, 7) is 11.3. The highest BCUT2D eigenvalue weighted by molar-refractivity contribution is 5.04. The van der Waals surface area contributed by atoms with Crippen molar-refractivity contribution in [2.75, 3.05) is 39.8 Å². The summed E-state index contributed by atoms with van der Waals surface area (Å²) in [5.74, 6) is 1.92. The molecule has 2 heterocycles. The van der Waals surface area contributed by atoms with E-state index in [1.807, 2.05) is 0 Å². The van der Waals surface area contributed by atoms with Crippen molar-refractivity contribution in [3.05, 3.63) is 0 Å². The maximum absolute atomic E-state index is 3.88. The summed E-state index contributed by atoms with van der Waals surface area (Å²) in [5.41, 5.74) is 0.401. The predicted molar refractivity (Wildman–Crippen MR) is 89.6 cm³/mol. The largest absolute Gasteiger partial charge is 0.308 e. The van der Waals surface area contributed by atoms with Crippen LogP contribution in [0.5, 0.6) is 0 Å². The Hall–Kier alpha value is -0.120. The van der Waals surface area contributed by atoms with Crippen molar-refractivity contribution in [3.63, 3.8) is 0 Å². The van der Waals surface area contributed by atoms with Crippen LogP contribution in [-0.2, 0) is 0 Å². The van der Waals surface area contributed by atoms with Gasteiger partial charge in [-0.1, -0.05) is 6.92 Å². The zero-order valence-electron chi connectivity index (χ0n) is 14.4. The molecule has 0 spiro atoms. The molecule has 3 fully saturated rings. The molecular weight excluding hydrogens is 258 g/mol. The van der Waals surface area contributed by atoms with Gasteiger partial charge in [-0.25, -0.2) is 0 Å². The molecule has 0 amide bonds. The minimum Gasteiger partial charge on any atom is -0.308 e. The quantitative estimate of drug-likeness (QED) is 0.840. The molecule has 1 aliphatic carbocycles. The maximum Gasteiger partial charge on any atom is 0.0309 e. The molecule has 3 rings (SSSR count). The van der Waals surface area contributed by atoms with E-state index in [2.05, 4.69) is 36.0 Å². The normalized spacial score (nSPS) is 37.0. The molecule has 122 valence electrons. The minimum atomic E-state index is 0.401. The van der Waals surface area contributed by atoms with Gasteiger partial charge in [0.25, 0.3) is 0 Å². The van der Waals surface area contributed by atoms with Gasteiger partial charge in [-0.05, 0) is 84.0 Å². The van der Waals surface area contributed by atoms with Crippen LogP contribution in [0.2, 0.25) is 0 Å². The summed E-state index contributed by atoms with van der Waals surface area (Å²) in [5, 5.41) is 3.88. The molecular formula is C18H35N3. The van der Waals surface area contributed by atoms with E-state index >= 15 is 0 Å². The summed E-state index contributed by atoms with van der Waals surface area (Å²) in [7, 11) is 2.26. The third-order valence-corrected chi connectivity index (χ3v) is 6.40. The molecule has 0 radical (unpaired) electrons. The highest BCUT2D eigenvalue weighted by Gasteiger charge is 2.45. The molecule has 21 heavy (non-hydrogen) atoms. The molecule has 3 aliphatic rings. The van der Waals surface area contributed by atoms with Crippen LogP contribution < -0.4 is 5.32 Å². The first-order chi connectivity index (χ1) is 10.1. The number of piperazine rings is 1. The van der Waals surface area contributed by atoms with Crippen LogP contribution in [0.3, 0.4) is 0 Å². The molecule has 1 N–H and O–H groups in total. The van der Waals surface area contributed by atoms with Gasteiger partial charge in [-0.3, -0.25) is 4.90 Å². The number of nitrogens with zero attached hydrogens (tertiary/aromatic N) is 2. The van der Waals surface area contributed by atoms with Crippen molar-refractivity contribution in [1.29, 1.82) is 0 Å². The second-order valence-corrected chi connectivity index (χ2v) is 8.14. The lowest BCUT2D eigenvalue weighted by Gasteiger charge is -2.47. The highest BCUT2D eigenvalue weighted by Crippen LogP contribution is 2.41. The number of hydrogen-bond donors (Lipinski definition) is 1. The van der Waals surface area contributed by atoms with E-state index < -0.39 is 0 Å². The first-order valence-corrected chi connectivity index (χ1v) is 9.28. The van der Waals surface area contributed by atoms with Crippen LogP contribution in [0.25, 0.3) is 0 Å². The average molecular weight is 293 g/mol. The lowest BCUT2D eigenvalue weighted by atomic mass is 9.89. The van der Waals surface area contributed by atoms with Gasteiger partial charge in [-0.15, -0.1) is 0 Å². The molecule has 2 aliphatic heterocycles. The summed E-state index contributed by atoms with van der Waals surface area (Å²) in [6, 6.07) is 0.767. The van der Waals surface area contributed by atoms with E-state index in [0.717, 1.165) is 17.9 Å². The van der Waals surface area contributed by atoms with Crippen LogP contribution in [0.1, 0.15) is 52.4 Å². The molecule has 3 heteroatoms. The smallest absolute Gasteiger partial charge is 0.0309 e. The average Bonchev–Trinajstić information content (AvgIpc) is 3.32. The Morgan fingerprint density at radius 3 is 2.48 bits per heavy atom. The standard InChI is InChI=1S/C18H35N3/c1-4-17-13-19-18(2,16-5-6-16)14-21(17)12-9-15-7-10-20(3)11-8-15/h15-17,19H,4-14H2,1-3H3. The zero-order valence-corrected chi connectivity index (χ0v) is 14.4. The fourth-order valence-corrected chi connectivity index (χ4v) is 4.44. The van der Waals surface area contributed by atoms with E-state index in [1.54, 1.807) is 0 Å². The van der Waals surface area contributed by atoms with Gasteiger partial charge in [0.05, 0.1) is 0 Å². The van der Waals surface area contributed by atoms with Gasteiger partial charge >= 0.3 is 0 Å². The van der Waals surface area contributed by atoms with E-state index in [-0.39, 0.29) is 0 Å². The summed E-state index contributed by atoms with van der Waals surface area (Å²) >= 11 is 0. The van der Waals surface area contributed by atoms with Crippen molar-refractivity contribution in [2.45, 2.75) is 64.0 Å². The van der Waals surface area contributed by atoms with Gasteiger partial charge < -0.3 is 10.2 Å². The Morgan fingerprint density at radius 2 is 1.86 bits per heavy atom. The third kappa shape index (κ3) is 3.80. The van der Waals surface area contributed by atoms with Crippen LogP contribution in [0.15, 0.2) is 0 Å². The zero-order chi connectivity index (χ0) is 14.9. The fraction of sp³-hybridized carbons (Fsp3) is 1.00. The van der Waals surface area contributed by atoms with Crippen molar-refractivity contribution in [1.82, 2.24) is 15.1 Å². The topological polar surface area (TPSA) is 18.5 Å². The Labute approximate surface area is 131 Å². The van der Waals surface area contributed by atoms with Crippen molar-refractivity contribution >= 4 is 0 Å². The lowest BCUT2D eigenvalue weighted by molar-refractivity contribution is 0.0641. The molecule has 0 aromatic carbocycles. The van der Waals surface area contributed by atoms with E-state index in [1.165, 1.54) is 71.2 Å². The van der Waals surface area contributed by atoms with E-state index in [4.69, 9.17) is 0 Å². The predicted octanol–water partition coefficient (Wildman–Crippen LogP) is 2.57. The van der Waals surface area contributed by atoms with Gasteiger partial charge in [-0.2, -0.15) is 0 Å². The Balaban J connectivity index is 1.51. The molecule has 3 nitrogen and oxygen atoms in total. The van der Waals surface area contributed by atoms with Gasteiger partial charge in [0, 0.05) is 24.7 Å². The Bertz CT molecular complexity index is 333. The molecule has 0 aromatic rings. The van der Waals surface area contributed by atoms with Gasteiger partial charge in [0.1, 0.15) is 0 Å². The SMILES string of the molecule is CCC1CNC(C)(C2CC2)CN1CCC1CCN(C)CC1. The maximum atomic E-state index is 3.88. The summed E-state index contributed by atoms with van der Waals surface area (Å²) in [6.07, 6.45) is 8.44. The number of nitrogens with one attached hydrogen (secondary N) is 1. The van der Waals surface area contributed by atoms with Crippen LogP contribution >= 0.6 is 0 Å². The van der Waals surface area contributed by atoms with Crippen LogP contribution in [-0.4, -0.2) is 61.2 Å². The lowest BCUT2D eigenvalue weighted by Crippen LogP contribution is -2.64. The second-order valence-electron chi connectivity index (χ2n) is 8.14. The summed E-state index contributed by atoms with van der Waals surface area (Å²) < 4.78 is 0. The first-order valence-electron chi connectivity index (χ1n) is 9.28. The summed E-state index contributed by atoms with van der Waals surface area (Å²) in [4.78, 5) is 5.31. The van der Waals surface area contributed by atoms with Gasteiger partial charge in [0.2, 0.25) is 0 Å². The van der Waals surface area contributed by atoms with Crippen molar-refractivity contribution in [3.8, 4) is 0 Å². The molecule has 1 saturated carbocycles. The Kier molecular flexibility index (Phi) is 4.92.